The van der Waals surface area contributed by atoms with E-state index < -0.39 is 32.4 Å². The highest BCUT2D eigenvalue weighted by atomic mass is 35.7. The van der Waals surface area contributed by atoms with Crippen molar-refractivity contribution in [2.24, 2.45) is 0 Å². The zero-order valence-electron chi connectivity index (χ0n) is 26.9. The van der Waals surface area contributed by atoms with E-state index in [0.29, 0.717) is 13.1 Å². The topological polar surface area (TPSA) is 270 Å². The van der Waals surface area contributed by atoms with Crippen LogP contribution in [0.4, 0.5) is 5.69 Å². The molecule has 0 aliphatic carbocycles. The van der Waals surface area contributed by atoms with Crippen LogP contribution >= 0.6 is 23.1 Å². The molecule has 2 aromatic carbocycles. The normalized spacial score (nSPS) is 13.9. The van der Waals surface area contributed by atoms with Gasteiger partial charge in [-0.1, -0.05) is 47.4 Å². The molecule has 0 bridgehead atoms. The van der Waals surface area contributed by atoms with Gasteiger partial charge in [0.2, 0.25) is 11.2 Å². The molecule has 0 radical (unpaired) electrons. The molecule has 2 aromatic heterocycles. The lowest BCUT2D eigenvalue weighted by atomic mass is 10.2. The number of pyridine rings is 1. The lowest BCUT2D eigenvalue weighted by Crippen LogP contribution is -2.68. The summed E-state index contributed by atoms with van der Waals surface area (Å²) in [6.45, 7) is 4.89. The molecule has 0 spiro atoms. The first-order valence-corrected chi connectivity index (χ1v) is 18.6. The van der Waals surface area contributed by atoms with Crippen molar-refractivity contribution in [3.05, 3.63) is 106 Å². The molecular formula is C32H31Cl2N3O12S2. The summed E-state index contributed by atoms with van der Waals surface area (Å²) < 4.78 is 73.2. The van der Waals surface area contributed by atoms with Gasteiger partial charge in [0.1, 0.15) is 11.1 Å². The summed E-state index contributed by atoms with van der Waals surface area (Å²) in [5.74, 6) is -1.66. The maximum absolute atomic E-state index is 11.4. The highest BCUT2D eigenvalue weighted by molar-refractivity contribution is 8.03. The number of fused-ring (bicyclic) bond motifs is 2. The van der Waals surface area contributed by atoms with Crippen molar-refractivity contribution in [3.63, 3.8) is 0 Å². The maximum Gasteiger partial charge on any atom is 0.309 e. The van der Waals surface area contributed by atoms with Gasteiger partial charge in [-0.3, -0.25) is 9.59 Å². The number of rotatable bonds is 10. The Morgan fingerprint density at radius 2 is 1.41 bits per heavy atom. The average Bonchev–Trinajstić information content (AvgIpc) is 3.54. The highest BCUT2D eigenvalue weighted by Crippen LogP contribution is 2.45. The SMILES string of the molecule is Cc1cc(C)c[n+](C(=C\C=C2\Sc3ccccc3N2CCC(=O)O)/C=C/c2sc3ccccc3[n+]2CCC(=O)O)c1.[O-][Cl+3]([O-])([O-])[O-].[O-][Cl+3]([O-])([O-])[O-]. The summed E-state index contributed by atoms with van der Waals surface area (Å²) in [6.07, 6.45) is 12.4. The predicted molar refractivity (Wildman–Crippen MR) is 164 cm³/mol. The number of nitrogens with zero attached hydrogens (tertiary/aromatic N) is 3. The van der Waals surface area contributed by atoms with Crippen molar-refractivity contribution >= 4 is 62.7 Å². The number of aliphatic carboxylic acids is 2. The van der Waals surface area contributed by atoms with E-state index in [1.165, 1.54) is 0 Å². The van der Waals surface area contributed by atoms with Gasteiger partial charge in [0.25, 0.3) is 5.01 Å². The number of carboxylic acid groups (broad SMARTS) is 2. The van der Waals surface area contributed by atoms with E-state index in [1.807, 2.05) is 60.7 Å². The zero-order chi connectivity index (χ0) is 37.9. The largest absolute Gasteiger partial charge is 0.481 e. The molecule has 0 atom stereocenters. The molecule has 19 heteroatoms. The van der Waals surface area contributed by atoms with Crippen LogP contribution in [0, 0.1) is 34.3 Å². The van der Waals surface area contributed by atoms with Crippen LogP contribution in [-0.2, 0) is 16.1 Å². The molecule has 1 aliphatic heterocycles. The van der Waals surface area contributed by atoms with Crippen molar-refractivity contribution in [3.8, 4) is 0 Å². The second kappa shape index (κ2) is 18.5. The minimum atomic E-state index is -4.94. The molecule has 2 N–H and O–H groups in total. The summed E-state index contributed by atoms with van der Waals surface area (Å²) >= 11 is 3.25. The Labute approximate surface area is 304 Å². The van der Waals surface area contributed by atoms with Gasteiger partial charge in [-0.15, -0.1) is 20.5 Å². The Bertz CT molecular complexity index is 1890. The number of thioether (sulfide) groups is 1. The molecule has 0 unspecified atom stereocenters. The minimum Gasteiger partial charge on any atom is -0.481 e. The number of anilines is 1. The van der Waals surface area contributed by atoms with E-state index in [-0.39, 0.29) is 12.8 Å². The molecule has 0 amide bonds. The van der Waals surface area contributed by atoms with Gasteiger partial charge in [-0.25, -0.2) is 37.3 Å². The second-order valence-corrected chi connectivity index (χ2v) is 14.2. The predicted octanol–water partition coefficient (Wildman–Crippen LogP) is -3.46. The van der Waals surface area contributed by atoms with Crippen LogP contribution in [0.3, 0.4) is 0 Å². The zero-order valence-corrected chi connectivity index (χ0v) is 30.0. The smallest absolute Gasteiger partial charge is 0.309 e. The van der Waals surface area contributed by atoms with Gasteiger partial charge in [0.05, 0.1) is 17.1 Å². The molecule has 0 saturated carbocycles. The van der Waals surface area contributed by atoms with Gasteiger partial charge in [0, 0.05) is 46.9 Å². The van der Waals surface area contributed by atoms with Crippen LogP contribution in [0.1, 0.15) is 29.0 Å². The Balaban J connectivity index is 0.000000619. The van der Waals surface area contributed by atoms with Crippen LogP contribution in [0.25, 0.3) is 22.0 Å². The number of allylic oxidation sites excluding steroid dienone is 4. The number of hydrogen-bond donors (Lipinski definition) is 2. The lowest BCUT2D eigenvalue weighted by molar-refractivity contribution is -2.00. The third kappa shape index (κ3) is 14.7. The summed E-state index contributed by atoms with van der Waals surface area (Å²) in [5, 5.41) is 20.6. The van der Waals surface area contributed by atoms with Gasteiger partial charge >= 0.3 is 11.9 Å². The third-order valence-electron chi connectivity index (χ3n) is 6.60. The summed E-state index contributed by atoms with van der Waals surface area (Å²) in [5.41, 5.74) is 5.20. The Morgan fingerprint density at radius 1 is 0.843 bits per heavy atom. The Morgan fingerprint density at radius 3 is 2.02 bits per heavy atom. The van der Waals surface area contributed by atoms with Gasteiger partial charge in [-0.05, 0) is 44.2 Å². The van der Waals surface area contributed by atoms with Crippen molar-refractivity contribution in [1.82, 2.24) is 0 Å². The Kier molecular flexibility index (Phi) is 15.1. The van der Waals surface area contributed by atoms with Crippen LogP contribution in [-0.4, -0.2) is 28.7 Å². The fraction of sp³-hybridized carbons (Fsp3) is 0.188. The molecule has 51 heavy (non-hydrogen) atoms. The van der Waals surface area contributed by atoms with Crippen molar-refractivity contribution in [2.75, 3.05) is 11.4 Å². The van der Waals surface area contributed by atoms with E-state index >= 15 is 0 Å². The molecule has 0 fully saturated rings. The first-order valence-electron chi connectivity index (χ1n) is 14.5. The summed E-state index contributed by atoms with van der Waals surface area (Å²) in [4.78, 5) is 25.9. The van der Waals surface area contributed by atoms with Crippen molar-refractivity contribution in [2.45, 2.75) is 38.1 Å². The molecule has 1 aliphatic rings. The standard InChI is InChI=1S/C32H29N3O4S2.2ClHO4/c1-22-19-23(2)21-33(20-22)24(11-13-29-34(17-15-31(36)37)25-7-3-5-9-27(25)40-29)12-14-30-35(18-16-32(38)39)26-8-4-6-10-28(26)41-30;2*2-1(3,4)5/h3-14,19-21H,15-18H2,1-2H3;2*(H,2,3,4,5). The number of thiazole rings is 1. The molecule has 5 rings (SSSR count). The number of carboxylic acids is 2. The molecule has 15 nitrogen and oxygen atoms in total. The minimum absolute atomic E-state index is 0.0385. The number of halogens is 2. The van der Waals surface area contributed by atoms with Crippen LogP contribution in [0.15, 0.2) is 95.1 Å². The van der Waals surface area contributed by atoms with Gasteiger partial charge in [0.15, 0.2) is 18.9 Å². The summed E-state index contributed by atoms with van der Waals surface area (Å²) in [7, 11) is -9.89. The number of hydrogen-bond acceptors (Lipinski definition) is 13. The molecule has 4 aromatic rings. The van der Waals surface area contributed by atoms with Crippen LogP contribution in [0.2, 0.25) is 0 Å². The van der Waals surface area contributed by atoms with E-state index in [0.717, 1.165) is 47.7 Å². The van der Waals surface area contributed by atoms with Gasteiger partial charge < -0.3 is 15.1 Å². The number of aryl methyl sites for hydroxylation is 3. The quantitative estimate of drug-likeness (QED) is 0.117. The monoisotopic (exact) mass is 783 g/mol. The number of para-hydroxylation sites is 2. The molecule has 0 saturated heterocycles. The first kappa shape index (κ1) is 41.5. The van der Waals surface area contributed by atoms with E-state index in [1.54, 1.807) is 23.1 Å². The van der Waals surface area contributed by atoms with E-state index in [2.05, 4.69) is 58.5 Å². The van der Waals surface area contributed by atoms with E-state index in [9.17, 15) is 19.8 Å². The maximum atomic E-state index is 11.4. The third-order valence-corrected chi connectivity index (χ3v) is 8.87. The fourth-order valence-corrected chi connectivity index (χ4v) is 7.01. The number of aromatic nitrogens is 2. The average molecular weight is 785 g/mol. The molecular weight excluding hydrogens is 753 g/mol. The second-order valence-electron chi connectivity index (χ2n) is 10.6. The van der Waals surface area contributed by atoms with Crippen LogP contribution < -0.4 is 51.3 Å². The van der Waals surface area contributed by atoms with E-state index in [4.69, 9.17) is 37.3 Å². The number of carbonyl (C=O) groups is 2. The van der Waals surface area contributed by atoms with Gasteiger partial charge in [-0.2, -0.15) is 9.13 Å². The lowest BCUT2D eigenvalue weighted by Gasteiger charge is -2.19. The number of benzene rings is 2. The van der Waals surface area contributed by atoms with Crippen LogP contribution in [0.5, 0.6) is 0 Å². The molecule has 3 heterocycles. The van der Waals surface area contributed by atoms with Crippen molar-refractivity contribution in [1.29, 1.82) is 0 Å². The first-order chi connectivity index (χ1) is 23.8. The Hall–Kier alpha value is -3.95. The fourth-order valence-electron chi connectivity index (χ4n) is 4.83. The van der Waals surface area contributed by atoms with Crippen molar-refractivity contribution < 1.29 is 86.7 Å². The highest BCUT2D eigenvalue weighted by Gasteiger charge is 2.25. The molecule has 272 valence electrons. The summed E-state index contributed by atoms with van der Waals surface area (Å²) in [6, 6.07) is 18.2.